The topological polar surface area (TPSA) is 74.7 Å². The lowest BCUT2D eigenvalue weighted by atomic mass is 9.87. The summed E-state index contributed by atoms with van der Waals surface area (Å²) in [5.74, 6) is -2.04. The molecule has 1 aliphatic heterocycles. The first-order valence-electron chi connectivity index (χ1n) is 5.11. The summed E-state index contributed by atoms with van der Waals surface area (Å²) in [6, 6.07) is 3.36. The molecular formula is C11H11NO4S. The molecule has 1 aromatic heterocycles. The van der Waals surface area contributed by atoms with Gasteiger partial charge < -0.3 is 5.11 Å². The lowest BCUT2D eigenvalue weighted by Crippen LogP contribution is -2.63. The summed E-state index contributed by atoms with van der Waals surface area (Å²) in [4.78, 5) is 36.1. The molecule has 2 rings (SSSR count). The van der Waals surface area contributed by atoms with E-state index in [1.165, 1.54) is 18.3 Å². The molecule has 0 bridgehead atoms. The zero-order valence-corrected chi connectivity index (χ0v) is 9.99. The molecule has 0 aromatic carbocycles. The van der Waals surface area contributed by atoms with Gasteiger partial charge in [0.1, 0.15) is 0 Å². The molecule has 1 aliphatic rings. The van der Waals surface area contributed by atoms with Crippen molar-refractivity contribution in [3.8, 4) is 0 Å². The van der Waals surface area contributed by atoms with Crippen molar-refractivity contribution in [2.24, 2.45) is 0 Å². The molecule has 1 N–H and O–H groups in total. The van der Waals surface area contributed by atoms with Crippen LogP contribution < -0.4 is 4.90 Å². The van der Waals surface area contributed by atoms with Crippen LogP contribution in [0, 0.1) is 0 Å². The number of rotatable bonds is 2. The molecule has 6 heteroatoms. The van der Waals surface area contributed by atoms with Gasteiger partial charge >= 0.3 is 5.97 Å². The van der Waals surface area contributed by atoms with Gasteiger partial charge in [0.25, 0.3) is 0 Å². The fourth-order valence-corrected chi connectivity index (χ4v) is 2.75. The van der Waals surface area contributed by atoms with Crippen LogP contribution in [-0.4, -0.2) is 28.3 Å². The van der Waals surface area contributed by atoms with Crippen molar-refractivity contribution in [3.63, 3.8) is 0 Å². The Morgan fingerprint density at radius 3 is 2.71 bits per heavy atom. The maximum absolute atomic E-state index is 11.9. The van der Waals surface area contributed by atoms with Gasteiger partial charge in [-0.2, -0.15) is 0 Å². The Labute approximate surface area is 102 Å². The number of thiophene rings is 1. The van der Waals surface area contributed by atoms with E-state index in [2.05, 4.69) is 0 Å². The molecule has 0 unspecified atom stereocenters. The molecule has 5 nitrogen and oxygen atoms in total. The molecule has 0 radical (unpaired) electrons. The molecule has 0 spiro atoms. The Morgan fingerprint density at radius 2 is 2.18 bits per heavy atom. The van der Waals surface area contributed by atoms with Crippen LogP contribution >= 0.6 is 11.3 Å². The number of anilines is 1. The Bertz CT molecular complexity index is 482. The molecule has 0 aliphatic carbocycles. The minimum atomic E-state index is -1.78. The van der Waals surface area contributed by atoms with Gasteiger partial charge in [-0.1, -0.05) is 0 Å². The van der Waals surface area contributed by atoms with Crippen LogP contribution in [0.15, 0.2) is 17.5 Å². The van der Waals surface area contributed by atoms with Crippen molar-refractivity contribution in [1.82, 2.24) is 0 Å². The van der Waals surface area contributed by atoms with Crippen molar-refractivity contribution in [1.29, 1.82) is 0 Å². The fraction of sp³-hybridized carbons (Fsp3) is 0.364. The van der Waals surface area contributed by atoms with Crippen LogP contribution in [-0.2, 0) is 14.4 Å². The van der Waals surface area contributed by atoms with Crippen LogP contribution in [0.4, 0.5) is 5.00 Å². The van der Waals surface area contributed by atoms with Crippen LogP contribution in [0.2, 0.25) is 0 Å². The van der Waals surface area contributed by atoms with Crippen LogP contribution in [0.1, 0.15) is 19.8 Å². The van der Waals surface area contributed by atoms with Crippen molar-refractivity contribution >= 4 is 34.0 Å². The molecule has 1 saturated heterocycles. The summed E-state index contributed by atoms with van der Waals surface area (Å²) < 4.78 is 0. The summed E-state index contributed by atoms with van der Waals surface area (Å²) in [6.07, 6.45) is 0.0586. The van der Waals surface area contributed by atoms with Crippen LogP contribution in [0.25, 0.3) is 0 Å². The lowest BCUT2D eigenvalue weighted by Gasteiger charge is -2.38. The smallest absolute Gasteiger partial charge is 0.337 e. The SMILES string of the molecule is C[C@]1(C(=O)O)C(=O)CCC(=O)N1c1cccs1. The normalized spacial score (nSPS) is 25.1. The zero-order valence-electron chi connectivity index (χ0n) is 9.17. The second-order valence-corrected chi connectivity index (χ2v) is 4.91. The maximum Gasteiger partial charge on any atom is 0.337 e. The number of amides is 1. The number of piperidine rings is 1. The summed E-state index contributed by atoms with van der Waals surface area (Å²) in [7, 11) is 0. The van der Waals surface area contributed by atoms with Crippen molar-refractivity contribution in [2.75, 3.05) is 4.90 Å². The van der Waals surface area contributed by atoms with E-state index in [0.717, 1.165) is 4.90 Å². The lowest BCUT2D eigenvalue weighted by molar-refractivity contribution is -0.151. The second-order valence-electron chi connectivity index (χ2n) is 3.98. The quantitative estimate of drug-likeness (QED) is 0.806. The Morgan fingerprint density at radius 1 is 1.47 bits per heavy atom. The molecule has 17 heavy (non-hydrogen) atoms. The first kappa shape index (κ1) is 11.8. The van der Waals surface area contributed by atoms with E-state index < -0.39 is 17.3 Å². The van der Waals surface area contributed by atoms with Crippen molar-refractivity contribution < 1.29 is 19.5 Å². The van der Waals surface area contributed by atoms with Gasteiger partial charge in [0.05, 0.1) is 5.00 Å². The van der Waals surface area contributed by atoms with Crippen LogP contribution in [0.3, 0.4) is 0 Å². The molecular weight excluding hydrogens is 242 g/mol. The predicted molar refractivity (Wildman–Crippen MR) is 62.1 cm³/mol. The Balaban J connectivity index is 2.54. The summed E-state index contributed by atoms with van der Waals surface area (Å²) >= 11 is 1.24. The van der Waals surface area contributed by atoms with E-state index in [0.29, 0.717) is 5.00 Å². The highest BCUT2D eigenvalue weighted by Gasteiger charge is 2.52. The standard InChI is InChI=1S/C11H11NO4S/c1-11(10(15)16)7(13)4-5-8(14)12(11)9-3-2-6-17-9/h2-3,6H,4-5H2,1H3,(H,15,16)/t11-/m1/s1. The van der Waals surface area contributed by atoms with Gasteiger partial charge in [-0.3, -0.25) is 14.5 Å². The average molecular weight is 253 g/mol. The molecule has 2 heterocycles. The third kappa shape index (κ3) is 1.64. The predicted octanol–water partition coefficient (Wildman–Crippen LogP) is 1.29. The number of hydrogen-bond acceptors (Lipinski definition) is 4. The van der Waals surface area contributed by atoms with Gasteiger partial charge in [0, 0.05) is 12.8 Å². The van der Waals surface area contributed by atoms with Gasteiger partial charge in [-0.05, 0) is 24.4 Å². The molecule has 1 amide bonds. The number of carbonyl (C=O) groups excluding carboxylic acids is 2. The number of carboxylic acids is 1. The average Bonchev–Trinajstić information content (AvgIpc) is 2.77. The first-order valence-corrected chi connectivity index (χ1v) is 5.99. The highest BCUT2D eigenvalue weighted by Crippen LogP contribution is 2.34. The molecule has 90 valence electrons. The maximum atomic E-state index is 11.9. The highest BCUT2D eigenvalue weighted by molar-refractivity contribution is 7.14. The number of hydrogen-bond donors (Lipinski definition) is 1. The molecule has 0 saturated carbocycles. The monoisotopic (exact) mass is 253 g/mol. The van der Waals surface area contributed by atoms with E-state index in [1.807, 2.05) is 0 Å². The third-order valence-electron chi connectivity index (χ3n) is 2.95. The summed E-state index contributed by atoms with van der Waals surface area (Å²) in [5, 5.41) is 11.5. The van der Waals surface area contributed by atoms with E-state index >= 15 is 0 Å². The fourth-order valence-electron chi connectivity index (χ4n) is 1.91. The number of nitrogens with zero attached hydrogens (tertiary/aromatic N) is 1. The molecule has 1 fully saturated rings. The molecule has 1 atom stereocenters. The van der Waals surface area contributed by atoms with Gasteiger partial charge in [0.2, 0.25) is 11.4 Å². The second kappa shape index (κ2) is 3.96. The number of aliphatic carboxylic acids is 1. The third-order valence-corrected chi connectivity index (χ3v) is 3.80. The van der Waals surface area contributed by atoms with E-state index in [-0.39, 0.29) is 18.7 Å². The number of carboxylic acid groups (broad SMARTS) is 1. The van der Waals surface area contributed by atoms with E-state index in [1.54, 1.807) is 17.5 Å². The Hall–Kier alpha value is -1.69. The van der Waals surface area contributed by atoms with Gasteiger partial charge in [0.15, 0.2) is 5.78 Å². The minimum absolute atomic E-state index is 0.0104. The van der Waals surface area contributed by atoms with Crippen molar-refractivity contribution in [2.45, 2.75) is 25.3 Å². The largest absolute Gasteiger partial charge is 0.479 e. The Kier molecular flexibility index (Phi) is 2.74. The number of Topliss-reactive ketones (excluding diaryl/α,β-unsaturated/α-hetero) is 1. The number of ketones is 1. The van der Waals surface area contributed by atoms with Crippen molar-refractivity contribution in [3.05, 3.63) is 17.5 Å². The van der Waals surface area contributed by atoms with E-state index in [9.17, 15) is 19.5 Å². The summed E-state index contributed by atoms with van der Waals surface area (Å²) in [5.41, 5.74) is -1.78. The van der Waals surface area contributed by atoms with E-state index in [4.69, 9.17) is 0 Å². The first-order chi connectivity index (χ1) is 7.98. The minimum Gasteiger partial charge on any atom is -0.479 e. The highest BCUT2D eigenvalue weighted by atomic mass is 32.1. The summed E-state index contributed by atoms with van der Waals surface area (Å²) in [6.45, 7) is 1.29. The van der Waals surface area contributed by atoms with Gasteiger partial charge in [-0.25, -0.2) is 4.79 Å². The molecule has 1 aromatic rings. The number of carbonyl (C=O) groups is 3. The zero-order chi connectivity index (χ0) is 12.6. The van der Waals surface area contributed by atoms with Gasteiger partial charge in [-0.15, -0.1) is 11.3 Å². The van der Waals surface area contributed by atoms with Crippen LogP contribution in [0.5, 0.6) is 0 Å².